The molecule has 1 N–H and O–H groups in total. The van der Waals surface area contributed by atoms with E-state index in [0.29, 0.717) is 37.1 Å². The first-order valence-electron chi connectivity index (χ1n) is 5.48. The van der Waals surface area contributed by atoms with Gasteiger partial charge in [-0.05, 0) is 35.9 Å². The summed E-state index contributed by atoms with van der Waals surface area (Å²) in [6, 6.07) is 8.12. The fourth-order valence-electron chi connectivity index (χ4n) is 2.06. The molecular formula is C14H7Cl3FN. The fourth-order valence-corrected chi connectivity index (χ4v) is 2.80. The van der Waals surface area contributed by atoms with Crippen molar-refractivity contribution in [3.63, 3.8) is 0 Å². The second-order valence-electron chi connectivity index (χ2n) is 4.12. The van der Waals surface area contributed by atoms with Crippen LogP contribution in [0.15, 0.2) is 36.5 Å². The van der Waals surface area contributed by atoms with Gasteiger partial charge in [-0.2, -0.15) is 0 Å². The number of benzene rings is 2. The van der Waals surface area contributed by atoms with Crippen LogP contribution in [0, 0.1) is 5.82 Å². The Morgan fingerprint density at radius 1 is 0.947 bits per heavy atom. The predicted octanol–water partition coefficient (Wildman–Crippen LogP) is 5.93. The Labute approximate surface area is 123 Å². The number of fused-ring (bicyclic) bond motifs is 1. The summed E-state index contributed by atoms with van der Waals surface area (Å²) in [5.74, 6) is -0.333. The van der Waals surface area contributed by atoms with E-state index in [1.807, 2.05) is 0 Å². The first-order chi connectivity index (χ1) is 9.08. The van der Waals surface area contributed by atoms with Crippen LogP contribution in [0.25, 0.3) is 22.0 Å². The standard InChI is InChI=1S/C14H7Cl3FN/c15-9-1-2-10(16)14(17)13(9)7-5-11(18)8-3-4-19-12(8)6-7/h1-6,19H. The van der Waals surface area contributed by atoms with E-state index < -0.39 is 0 Å². The van der Waals surface area contributed by atoms with Crippen molar-refractivity contribution in [2.45, 2.75) is 0 Å². The highest BCUT2D eigenvalue weighted by Gasteiger charge is 2.14. The summed E-state index contributed by atoms with van der Waals surface area (Å²) in [4.78, 5) is 2.96. The van der Waals surface area contributed by atoms with Crippen LogP contribution in [0.2, 0.25) is 15.1 Å². The van der Waals surface area contributed by atoms with Crippen LogP contribution in [-0.4, -0.2) is 4.98 Å². The summed E-state index contributed by atoms with van der Waals surface area (Å²) in [5.41, 5.74) is 1.80. The van der Waals surface area contributed by atoms with Gasteiger partial charge >= 0.3 is 0 Å². The van der Waals surface area contributed by atoms with E-state index in [1.165, 1.54) is 6.07 Å². The second-order valence-corrected chi connectivity index (χ2v) is 5.31. The number of halogens is 4. The van der Waals surface area contributed by atoms with E-state index in [2.05, 4.69) is 4.98 Å². The van der Waals surface area contributed by atoms with Crippen molar-refractivity contribution in [2.24, 2.45) is 0 Å². The Morgan fingerprint density at radius 2 is 1.68 bits per heavy atom. The van der Waals surface area contributed by atoms with Crippen LogP contribution >= 0.6 is 34.8 Å². The van der Waals surface area contributed by atoms with Gasteiger partial charge in [0, 0.05) is 27.7 Å². The molecule has 5 heteroatoms. The minimum absolute atomic E-state index is 0.319. The average molecular weight is 315 g/mol. The zero-order chi connectivity index (χ0) is 13.6. The van der Waals surface area contributed by atoms with Crippen molar-refractivity contribution >= 4 is 45.7 Å². The molecule has 0 aliphatic rings. The highest BCUT2D eigenvalue weighted by molar-refractivity contribution is 6.46. The van der Waals surface area contributed by atoms with Gasteiger partial charge < -0.3 is 4.98 Å². The molecule has 0 spiro atoms. The number of aromatic amines is 1. The predicted molar refractivity (Wildman–Crippen MR) is 78.7 cm³/mol. The molecule has 1 aromatic heterocycles. The van der Waals surface area contributed by atoms with Gasteiger partial charge in [-0.3, -0.25) is 0 Å². The van der Waals surface area contributed by atoms with Crippen LogP contribution in [0.1, 0.15) is 0 Å². The molecule has 0 aliphatic heterocycles. The molecule has 0 amide bonds. The normalized spacial score (nSPS) is 11.2. The van der Waals surface area contributed by atoms with Gasteiger partial charge in [0.15, 0.2) is 0 Å². The van der Waals surface area contributed by atoms with Crippen molar-refractivity contribution in [2.75, 3.05) is 0 Å². The number of aromatic nitrogens is 1. The molecule has 0 fully saturated rings. The number of hydrogen-bond donors (Lipinski definition) is 1. The summed E-state index contributed by atoms with van der Waals surface area (Å²) < 4.78 is 14.0. The van der Waals surface area contributed by atoms with E-state index in [9.17, 15) is 4.39 Å². The van der Waals surface area contributed by atoms with E-state index in [-0.39, 0.29) is 5.82 Å². The lowest BCUT2D eigenvalue weighted by Crippen LogP contribution is -1.86. The van der Waals surface area contributed by atoms with E-state index >= 15 is 0 Å². The summed E-state index contributed by atoms with van der Waals surface area (Å²) in [5, 5.41) is 1.66. The highest BCUT2D eigenvalue weighted by Crippen LogP contribution is 2.40. The van der Waals surface area contributed by atoms with Crippen LogP contribution in [0.4, 0.5) is 4.39 Å². The summed E-state index contributed by atoms with van der Waals surface area (Å²) >= 11 is 18.3. The third kappa shape index (κ3) is 2.10. The largest absolute Gasteiger partial charge is 0.361 e. The minimum Gasteiger partial charge on any atom is -0.361 e. The molecule has 0 unspecified atom stereocenters. The highest BCUT2D eigenvalue weighted by atomic mass is 35.5. The van der Waals surface area contributed by atoms with Crippen molar-refractivity contribution in [3.8, 4) is 11.1 Å². The first kappa shape index (κ1) is 12.8. The number of hydrogen-bond acceptors (Lipinski definition) is 0. The van der Waals surface area contributed by atoms with Gasteiger partial charge in [0.1, 0.15) is 5.82 Å². The lowest BCUT2D eigenvalue weighted by atomic mass is 10.0. The molecule has 19 heavy (non-hydrogen) atoms. The summed E-state index contributed by atoms with van der Waals surface area (Å²) in [6.45, 7) is 0. The SMILES string of the molecule is Fc1cc(-c2c(Cl)ccc(Cl)c2Cl)cc2[nH]ccc12. The topological polar surface area (TPSA) is 15.8 Å². The van der Waals surface area contributed by atoms with Crippen LogP contribution < -0.4 is 0 Å². The Balaban J connectivity index is 2.33. The molecule has 0 bridgehead atoms. The van der Waals surface area contributed by atoms with Crippen molar-refractivity contribution in [3.05, 3.63) is 57.4 Å². The number of H-pyrrole nitrogens is 1. The average Bonchev–Trinajstić information content (AvgIpc) is 2.83. The molecule has 0 aliphatic carbocycles. The van der Waals surface area contributed by atoms with E-state index in [4.69, 9.17) is 34.8 Å². The van der Waals surface area contributed by atoms with Crippen molar-refractivity contribution in [1.82, 2.24) is 4.98 Å². The lowest BCUT2D eigenvalue weighted by Gasteiger charge is -2.09. The Morgan fingerprint density at radius 3 is 2.47 bits per heavy atom. The van der Waals surface area contributed by atoms with Crippen molar-refractivity contribution in [1.29, 1.82) is 0 Å². The molecule has 0 saturated heterocycles. The molecule has 1 nitrogen and oxygen atoms in total. The maximum Gasteiger partial charge on any atom is 0.133 e. The third-order valence-corrected chi connectivity index (χ3v) is 4.07. The molecule has 3 aromatic rings. The molecule has 1 heterocycles. The van der Waals surface area contributed by atoms with Crippen LogP contribution in [0.3, 0.4) is 0 Å². The van der Waals surface area contributed by atoms with Crippen LogP contribution in [-0.2, 0) is 0 Å². The van der Waals surface area contributed by atoms with E-state index in [1.54, 1.807) is 30.5 Å². The second kappa shape index (κ2) is 4.71. The zero-order valence-corrected chi connectivity index (χ0v) is 11.7. The maximum atomic E-state index is 14.0. The van der Waals surface area contributed by atoms with Gasteiger partial charge in [-0.25, -0.2) is 4.39 Å². The summed E-state index contributed by atoms with van der Waals surface area (Å²) in [6.07, 6.45) is 1.68. The number of rotatable bonds is 1. The van der Waals surface area contributed by atoms with Gasteiger partial charge in [0.2, 0.25) is 0 Å². The molecular weight excluding hydrogens is 308 g/mol. The lowest BCUT2D eigenvalue weighted by molar-refractivity contribution is 0.640. The molecule has 0 saturated carbocycles. The van der Waals surface area contributed by atoms with Gasteiger partial charge in [-0.15, -0.1) is 0 Å². The van der Waals surface area contributed by atoms with Gasteiger partial charge in [-0.1, -0.05) is 34.8 Å². The molecule has 3 rings (SSSR count). The molecule has 0 radical (unpaired) electrons. The van der Waals surface area contributed by atoms with Crippen LogP contribution in [0.5, 0.6) is 0 Å². The fraction of sp³-hybridized carbons (Fsp3) is 0. The number of nitrogens with one attached hydrogen (secondary N) is 1. The van der Waals surface area contributed by atoms with Gasteiger partial charge in [0.25, 0.3) is 0 Å². The Bertz CT molecular complexity index is 780. The third-order valence-electron chi connectivity index (χ3n) is 2.95. The monoisotopic (exact) mass is 313 g/mol. The Hall–Kier alpha value is -1.22. The first-order valence-corrected chi connectivity index (χ1v) is 6.62. The quantitative estimate of drug-likeness (QED) is 0.535. The Kier molecular flexibility index (Phi) is 3.17. The maximum absolute atomic E-state index is 14.0. The zero-order valence-electron chi connectivity index (χ0n) is 9.48. The molecule has 2 aromatic carbocycles. The molecule has 0 atom stereocenters. The smallest absolute Gasteiger partial charge is 0.133 e. The molecule has 96 valence electrons. The van der Waals surface area contributed by atoms with Crippen molar-refractivity contribution < 1.29 is 4.39 Å². The van der Waals surface area contributed by atoms with Gasteiger partial charge in [0.05, 0.1) is 10.0 Å². The van der Waals surface area contributed by atoms with E-state index in [0.717, 1.165) is 0 Å². The minimum atomic E-state index is -0.333. The summed E-state index contributed by atoms with van der Waals surface area (Å²) in [7, 11) is 0.